The van der Waals surface area contributed by atoms with Crippen LogP contribution in [-0.4, -0.2) is 67.6 Å². The summed E-state index contributed by atoms with van der Waals surface area (Å²) in [5, 5.41) is 4.99. The van der Waals surface area contributed by atoms with Crippen molar-refractivity contribution in [1.29, 1.82) is 0 Å². The Bertz CT molecular complexity index is 345. The molecule has 2 unspecified atom stereocenters. The van der Waals surface area contributed by atoms with E-state index < -0.39 is 0 Å². The Hall–Kier alpha value is -1.30. The van der Waals surface area contributed by atoms with E-state index in [4.69, 9.17) is 0 Å². The van der Waals surface area contributed by atoms with Crippen LogP contribution >= 0.6 is 0 Å². The molecule has 0 aromatic heterocycles. The molecule has 2 aliphatic rings. The number of hydrogen-bond donors (Lipinski definition) is 2. The van der Waals surface area contributed by atoms with Crippen molar-refractivity contribution in [3.8, 4) is 0 Å². The van der Waals surface area contributed by atoms with Crippen LogP contribution < -0.4 is 10.6 Å². The number of amides is 3. The van der Waals surface area contributed by atoms with Crippen LogP contribution in [0.2, 0.25) is 0 Å². The molecule has 2 rings (SSSR count). The second-order valence-electron chi connectivity index (χ2n) is 5.80. The van der Waals surface area contributed by atoms with Gasteiger partial charge in [-0.15, -0.1) is 0 Å². The van der Waals surface area contributed by atoms with Crippen LogP contribution in [0.15, 0.2) is 0 Å². The van der Waals surface area contributed by atoms with Gasteiger partial charge < -0.3 is 20.4 Å². The first-order chi connectivity index (χ1) is 9.01. The van der Waals surface area contributed by atoms with Crippen molar-refractivity contribution < 1.29 is 9.59 Å². The van der Waals surface area contributed by atoms with Gasteiger partial charge in [0, 0.05) is 39.3 Å². The van der Waals surface area contributed by atoms with E-state index in [1.807, 2.05) is 4.90 Å². The van der Waals surface area contributed by atoms with Gasteiger partial charge in [0.25, 0.3) is 0 Å². The molecule has 2 fully saturated rings. The number of rotatable bonds is 3. The van der Waals surface area contributed by atoms with Gasteiger partial charge >= 0.3 is 6.03 Å². The first-order valence-electron chi connectivity index (χ1n) is 6.98. The number of nitrogens with zero attached hydrogens (tertiary/aromatic N) is 2. The smallest absolute Gasteiger partial charge is 0.314 e. The van der Waals surface area contributed by atoms with Crippen LogP contribution in [0.3, 0.4) is 0 Å². The molecule has 6 heteroatoms. The second kappa shape index (κ2) is 5.77. The fourth-order valence-electron chi connectivity index (χ4n) is 3.01. The number of urea groups is 1. The lowest BCUT2D eigenvalue weighted by Crippen LogP contribution is -2.43. The fraction of sp³-hybridized carbons (Fsp3) is 0.846. The number of carbonyl (C=O) groups is 2. The van der Waals surface area contributed by atoms with Gasteiger partial charge in [0.05, 0.1) is 6.54 Å². The highest BCUT2D eigenvalue weighted by atomic mass is 16.2. The summed E-state index contributed by atoms with van der Waals surface area (Å²) < 4.78 is 0. The van der Waals surface area contributed by atoms with E-state index in [0.717, 1.165) is 26.2 Å². The molecule has 0 radical (unpaired) electrons. The summed E-state index contributed by atoms with van der Waals surface area (Å²) in [5.74, 6) is 1.23. The zero-order chi connectivity index (χ0) is 14.0. The van der Waals surface area contributed by atoms with Gasteiger partial charge in [0.15, 0.2) is 0 Å². The van der Waals surface area contributed by atoms with Crippen molar-refractivity contribution in [2.45, 2.75) is 19.9 Å². The Morgan fingerprint density at radius 1 is 1.16 bits per heavy atom. The monoisotopic (exact) mass is 268 g/mol. The molecule has 2 aliphatic heterocycles. The molecule has 2 heterocycles. The van der Waals surface area contributed by atoms with Gasteiger partial charge in [0.2, 0.25) is 5.91 Å². The molecule has 6 nitrogen and oxygen atoms in total. The molecule has 0 spiro atoms. The van der Waals surface area contributed by atoms with Gasteiger partial charge in [-0.1, -0.05) is 0 Å². The number of carbonyl (C=O) groups excluding carboxylic acids is 2. The van der Waals surface area contributed by atoms with E-state index in [-0.39, 0.29) is 18.5 Å². The maximum atomic E-state index is 12.0. The average molecular weight is 268 g/mol. The Kier molecular flexibility index (Phi) is 4.29. The van der Waals surface area contributed by atoms with Crippen molar-refractivity contribution >= 4 is 11.9 Å². The third kappa shape index (κ3) is 3.18. The van der Waals surface area contributed by atoms with E-state index in [1.165, 1.54) is 0 Å². The number of nitrogens with one attached hydrogen (secondary N) is 2. The fourth-order valence-corrected chi connectivity index (χ4v) is 3.01. The third-order valence-electron chi connectivity index (χ3n) is 4.22. The molecule has 0 aliphatic carbocycles. The minimum Gasteiger partial charge on any atom is -0.341 e. The number of hydrogen-bond acceptors (Lipinski definition) is 3. The lowest BCUT2D eigenvalue weighted by molar-refractivity contribution is -0.129. The quantitative estimate of drug-likeness (QED) is 0.739. The molecule has 2 saturated heterocycles. The largest absolute Gasteiger partial charge is 0.341 e. The van der Waals surface area contributed by atoms with Crippen LogP contribution in [0.25, 0.3) is 0 Å². The Morgan fingerprint density at radius 2 is 1.74 bits per heavy atom. The molecule has 0 aromatic carbocycles. The summed E-state index contributed by atoms with van der Waals surface area (Å²) in [4.78, 5) is 27.4. The van der Waals surface area contributed by atoms with E-state index in [0.29, 0.717) is 17.9 Å². The summed E-state index contributed by atoms with van der Waals surface area (Å²) in [5.41, 5.74) is 0. The van der Waals surface area contributed by atoms with Gasteiger partial charge in [-0.05, 0) is 25.7 Å². The highest BCUT2D eigenvalue weighted by Crippen LogP contribution is 2.31. The molecule has 108 valence electrons. The predicted octanol–water partition coefficient (Wildman–Crippen LogP) is -0.286. The average Bonchev–Trinajstić information content (AvgIpc) is 2.93. The highest BCUT2D eigenvalue weighted by Gasteiger charge is 2.41. The first kappa shape index (κ1) is 14.1. The van der Waals surface area contributed by atoms with Gasteiger partial charge in [-0.2, -0.15) is 0 Å². The third-order valence-corrected chi connectivity index (χ3v) is 4.22. The minimum atomic E-state index is -0.307. The molecule has 3 amide bonds. The standard InChI is InChI=1S/C13H24N4O2/c1-9(2)16-5-10-7-17(8-11(10)6-16)12(18)4-15-13(19)14-3/h9-11H,4-8H2,1-3H3,(H2,14,15,19). The van der Waals surface area contributed by atoms with Crippen LogP contribution in [0.4, 0.5) is 4.79 Å². The second-order valence-corrected chi connectivity index (χ2v) is 5.80. The number of likely N-dealkylation sites (tertiary alicyclic amines) is 2. The maximum absolute atomic E-state index is 12.0. The SMILES string of the molecule is CNC(=O)NCC(=O)N1CC2CN(C(C)C)CC2C1. The van der Waals surface area contributed by atoms with Crippen molar-refractivity contribution in [3.63, 3.8) is 0 Å². The highest BCUT2D eigenvalue weighted by molar-refractivity contribution is 5.84. The molecule has 2 N–H and O–H groups in total. The number of fused-ring (bicyclic) bond motifs is 1. The summed E-state index contributed by atoms with van der Waals surface area (Å²) in [7, 11) is 1.54. The Balaban J connectivity index is 1.78. The lowest BCUT2D eigenvalue weighted by Gasteiger charge is -2.24. The molecular weight excluding hydrogens is 244 g/mol. The van der Waals surface area contributed by atoms with Crippen molar-refractivity contribution in [2.75, 3.05) is 39.8 Å². The topological polar surface area (TPSA) is 64.7 Å². The summed E-state index contributed by atoms with van der Waals surface area (Å²) in [6.07, 6.45) is 0. The van der Waals surface area contributed by atoms with Gasteiger partial charge in [-0.3, -0.25) is 4.79 Å². The molecule has 0 bridgehead atoms. The Labute approximate surface area is 114 Å². The molecule has 0 saturated carbocycles. The van der Waals surface area contributed by atoms with Gasteiger partial charge in [0.1, 0.15) is 0 Å². The zero-order valence-electron chi connectivity index (χ0n) is 12.0. The first-order valence-corrected chi connectivity index (χ1v) is 6.98. The zero-order valence-corrected chi connectivity index (χ0v) is 12.0. The summed E-state index contributed by atoms with van der Waals surface area (Å²) >= 11 is 0. The van der Waals surface area contributed by atoms with Gasteiger partial charge in [-0.25, -0.2) is 4.79 Å². The minimum absolute atomic E-state index is 0.0223. The normalized spacial score (nSPS) is 26.6. The van der Waals surface area contributed by atoms with E-state index in [1.54, 1.807) is 7.05 Å². The van der Waals surface area contributed by atoms with Crippen LogP contribution in [0.1, 0.15) is 13.8 Å². The summed E-state index contributed by atoms with van der Waals surface area (Å²) in [6.45, 7) is 8.38. The predicted molar refractivity (Wildman–Crippen MR) is 72.7 cm³/mol. The molecule has 19 heavy (non-hydrogen) atoms. The van der Waals surface area contributed by atoms with Crippen molar-refractivity contribution in [1.82, 2.24) is 20.4 Å². The lowest BCUT2D eigenvalue weighted by atomic mass is 10.0. The van der Waals surface area contributed by atoms with Crippen molar-refractivity contribution in [2.24, 2.45) is 11.8 Å². The summed E-state index contributed by atoms with van der Waals surface area (Å²) in [6, 6.07) is 0.281. The van der Waals surface area contributed by atoms with Crippen LogP contribution in [0.5, 0.6) is 0 Å². The molecule has 0 aromatic rings. The van der Waals surface area contributed by atoms with E-state index in [9.17, 15) is 9.59 Å². The Morgan fingerprint density at radius 3 is 2.21 bits per heavy atom. The molecule has 2 atom stereocenters. The van der Waals surface area contributed by atoms with E-state index >= 15 is 0 Å². The van der Waals surface area contributed by atoms with Crippen LogP contribution in [-0.2, 0) is 4.79 Å². The van der Waals surface area contributed by atoms with Crippen LogP contribution in [0, 0.1) is 11.8 Å². The van der Waals surface area contributed by atoms with Crippen molar-refractivity contribution in [3.05, 3.63) is 0 Å². The molecular formula is C13H24N4O2. The maximum Gasteiger partial charge on any atom is 0.314 e. The van der Waals surface area contributed by atoms with E-state index in [2.05, 4.69) is 29.4 Å².